The van der Waals surface area contributed by atoms with Gasteiger partial charge in [0.05, 0.1) is 17.8 Å². The number of nitrogens with zero attached hydrogens (tertiary/aromatic N) is 2. The van der Waals surface area contributed by atoms with Crippen LogP contribution >= 0.6 is 0 Å². The molecule has 0 radical (unpaired) electrons. The average molecular weight is 441 g/mol. The molecule has 5 rings (SSSR count). The van der Waals surface area contributed by atoms with Crippen molar-refractivity contribution in [3.8, 4) is 11.1 Å². The van der Waals surface area contributed by atoms with E-state index in [-0.39, 0.29) is 31.4 Å². The standard InChI is InChI=1S/C26H23N3O4/c30-23(18-9-5-2-6-10-18)26(33)28-13-14-29-22(16-28)24(31)27-21-12-11-19(15-20(21)25(29)32)17-7-3-1-4-8-17/h1-12,15,22-23,30H,13-14,16H2,(H,27,31). The van der Waals surface area contributed by atoms with E-state index >= 15 is 0 Å². The first-order valence-corrected chi connectivity index (χ1v) is 10.9. The zero-order valence-electron chi connectivity index (χ0n) is 17.8. The summed E-state index contributed by atoms with van der Waals surface area (Å²) in [7, 11) is 0. The molecule has 1 saturated heterocycles. The molecular formula is C26H23N3O4. The molecule has 2 heterocycles. The summed E-state index contributed by atoms with van der Waals surface area (Å²) in [6.07, 6.45) is -1.31. The molecule has 1 fully saturated rings. The lowest BCUT2D eigenvalue weighted by atomic mass is 10.0. The first kappa shape index (κ1) is 20.9. The van der Waals surface area contributed by atoms with Crippen LogP contribution in [-0.2, 0) is 9.59 Å². The van der Waals surface area contributed by atoms with Gasteiger partial charge in [-0.2, -0.15) is 0 Å². The van der Waals surface area contributed by atoms with Crippen LogP contribution < -0.4 is 5.32 Å². The Hall–Kier alpha value is -3.97. The van der Waals surface area contributed by atoms with Gasteiger partial charge in [0, 0.05) is 13.1 Å². The zero-order valence-corrected chi connectivity index (χ0v) is 17.8. The van der Waals surface area contributed by atoms with Crippen molar-refractivity contribution in [2.24, 2.45) is 0 Å². The Kier molecular flexibility index (Phi) is 5.40. The van der Waals surface area contributed by atoms with Crippen LogP contribution in [0.1, 0.15) is 22.0 Å². The summed E-state index contributed by atoms with van der Waals surface area (Å²) in [5, 5.41) is 13.4. The number of aliphatic hydroxyl groups is 1. The first-order chi connectivity index (χ1) is 16.0. The van der Waals surface area contributed by atoms with Gasteiger partial charge in [0.1, 0.15) is 6.04 Å². The van der Waals surface area contributed by atoms with Crippen molar-refractivity contribution in [1.82, 2.24) is 9.80 Å². The molecule has 2 atom stereocenters. The van der Waals surface area contributed by atoms with Crippen LogP contribution in [0.5, 0.6) is 0 Å². The van der Waals surface area contributed by atoms with E-state index in [0.717, 1.165) is 11.1 Å². The molecule has 166 valence electrons. The molecule has 3 amide bonds. The number of piperazine rings is 1. The Bertz CT molecular complexity index is 1210. The maximum atomic E-state index is 13.4. The normalized spacial score (nSPS) is 18.6. The second-order valence-electron chi connectivity index (χ2n) is 8.23. The van der Waals surface area contributed by atoms with Crippen molar-refractivity contribution in [2.75, 3.05) is 25.0 Å². The highest BCUT2D eigenvalue weighted by Crippen LogP contribution is 2.30. The van der Waals surface area contributed by atoms with Gasteiger partial charge < -0.3 is 20.2 Å². The second kappa shape index (κ2) is 8.52. The Morgan fingerprint density at radius 3 is 2.33 bits per heavy atom. The van der Waals surface area contributed by atoms with E-state index in [0.29, 0.717) is 16.8 Å². The highest BCUT2D eigenvalue weighted by molar-refractivity contribution is 6.10. The fourth-order valence-electron chi connectivity index (χ4n) is 4.41. The van der Waals surface area contributed by atoms with Crippen LogP contribution in [0.15, 0.2) is 78.9 Å². The van der Waals surface area contributed by atoms with Gasteiger partial charge in [-0.25, -0.2) is 0 Å². The number of fused-ring (bicyclic) bond motifs is 2. The molecule has 2 aliphatic rings. The van der Waals surface area contributed by atoms with Gasteiger partial charge in [0.2, 0.25) is 5.91 Å². The monoisotopic (exact) mass is 441 g/mol. The van der Waals surface area contributed by atoms with Crippen molar-refractivity contribution in [1.29, 1.82) is 0 Å². The fraction of sp³-hybridized carbons (Fsp3) is 0.192. The van der Waals surface area contributed by atoms with Crippen molar-refractivity contribution < 1.29 is 19.5 Å². The number of hydrogen-bond acceptors (Lipinski definition) is 4. The molecule has 0 spiro atoms. The van der Waals surface area contributed by atoms with Gasteiger partial charge in [0.15, 0.2) is 6.10 Å². The number of rotatable bonds is 3. The largest absolute Gasteiger partial charge is 0.378 e. The van der Waals surface area contributed by atoms with E-state index in [2.05, 4.69) is 5.32 Å². The van der Waals surface area contributed by atoms with Crippen LogP contribution in [0.25, 0.3) is 11.1 Å². The van der Waals surface area contributed by atoms with E-state index in [9.17, 15) is 19.5 Å². The maximum absolute atomic E-state index is 13.4. The highest BCUT2D eigenvalue weighted by atomic mass is 16.3. The van der Waals surface area contributed by atoms with Crippen molar-refractivity contribution in [3.63, 3.8) is 0 Å². The third-order valence-electron chi connectivity index (χ3n) is 6.22. The van der Waals surface area contributed by atoms with Crippen molar-refractivity contribution in [3.05, 3.63) is 90.0 Å². The molecule has 3 aromatic rings. The minimum Gasteiger partial charge on any atom is -0.378 e. The molecule has 33 heavy (non-hydrogen) atoms. The zero-order chi connectivity index (χ0) is 22.9. The first-order valence-electron chi connectivity index (χ1n) is 10.9. The number of carbonyl (C=O) groups is 3. The second-order valence-corrected chi connectivity index (χ2v) is 8.23. The number of hydrogen-bond donors (Lipinski definition) is 2. The summed E-state index contributed by atoms with van der Waals surface area (Å²) in [6, 6.07) is 23.0. The molecule has 2 aliphatic heterocycles. The lowest BCUT2D eigenvalue weighted by molar-refractivity contribution is -0.144. The number of anilines is 1. The topological polar surface area (TPSA) is 90.0 Å². The number of aliphatic hydroxyl groups excluding tert-OH is 1. The van der Waals surface area contributed by atoms with Crippen LogP contribution in [-0.4, -0.2) is 58.3 Å². The third kappa shape index (κ3) is 3.87. The van der Waals surface area contributed by atoms with E-state index in [1.54, 1.807) is 36.4 Å². The van der Waals surface area contributed by atoms with Gasteiger partial charge in [-0.1, -0.05) is 66.7 Å². The van der Waals surface area contributed by atoms with E-state index in [4.69, 9.17) is 0 Å². The summed E-state index contributed by atoms with van der Waals surface area (Å²) in [6.45, 7) is 0.477. The number of nitrogens with one attached hydrogen (secondary N) is 1. The van der Waals surface area contributed by atoms with E-state index < -0.39 is 18.1 Å². The molecule has 2 N–H and O–H groups in total. The summed E-state index contributed by atoms with van der Waals surface area (Å²) in [5.41, 5.74) is 3.24. The van der Waals surface area contributed by atoms with Crippen LogP contribution in [0.4, 0.5) is 5.69 Å². The maximum Gasteiger partial charge on any atom is 0.256 e. The van der Waals surface area contributed by atoms with Crippen LogP contribution in [0.3, 0.4) is 0 Å². The van der Waals surface area contributed by atoms with E-state index in [1.165, 1.54) is 9.80 Å². The van der Waals surface area contributed by atoms with Gasteiger partial charge in [-0.15, -0.1) is 0 Å². The summed E-state index contributed by atoms with van der Waals surface area (Å²) >= 11 is 0. The van der Waals surface area contributed by atoms with Gasteiger partial charge in [-0.05, 0) is 28.8 Å². The Morgan fingerprint density at radius 1 is 0.909 bits per heavy atom. The molecule has 3 aromatic carbocycles. The number of carbonyl (C=O) groups excluding carboxylic acids is 3. The third-order valence-corrected chi connectivity index (χ3v) is 6.22. The molecule has 2 unspecified atom stereocenters. The minimum atomic E-state index is -1.31. The SMILES string of the molecule is O=C1Nc2ccc(-c3ccccc3)cc2C(=O)N2CCN(C(=O)C(O)c3ccccc3)CC12. The van der Waals surface area contributed by atoms with Crippen LogP contribution in [0, 0.1) is 0 Å². The molecule has 0 aromatic heterocycles. The summed E-state index contributed by atoms with van der Waals surface area (Å²) in [5.74, 6) is -1.07. The quantitative estimate of drug-likeness (QED) is 0.654. The molecule has 7 heteroatoms. The Morgan fingerprint density at radius 2 is 1.61 bits per heavy atom. The molecule has 0 bridgehead atoms. The fourth-order valence-corrected chi connectivity index (χ4v) is 4.41. The average Bonchev–Trinajstić information content (AvgIpc) is 2.98. The van der Waals surface area contributed by atoms with Gasteiger partial charge in [0.25, 0.3) is 11.8 Å². The summed E-state index contributed by atoms with van der Waals surface area (Å²) < 4.78 is 0. The lowest BCUT2D eigenvalue weighted by Gasteiger charge is -2.40. The number of benzene rings is 3. The molecular weight excluding hydrogens is 418 g/mol. The molecule has 0 saturated carbocycles. The molecule has 7 nitrogen and oxygen atoms in total. The Balaban J connectivity index is 1.39. The molecule has 0 aliphatic carbocycles. The lowest BCUT2D eigenvalue weighted by Crippen LogP contribution is -2.60. The predicted molar refractivity (Wildman–Crippen MR) is 123 cm³/mol. The number of amides is 3. The van der Waals surface area contributed by atoms with E-state index in [1.807, 2.05) is 42.5 Å². The van der Waals surface area contributed by atoms with Crippen molar-refractivity contribution >= 4 is 23.4 Å². The predicted octanol–water partition coefficient (Wildman–Crippen LogP) is 2.69. The summed E-state index contributed by atoms with van der Waals surface area (Å²) in [4.78, 5) is 42.3. The van der Waals surface area contributed by atoms with Crippen LogP contribution in [0.2, 0.25) is 0 Å². The highest BCUT2D eigenvalue weighted by Gasteiger charge is 2.41. The Labute approximate surface area is 191 Å². The van der Waals surface area contributed by atoms with Crippen molar-refractivity contribution in [2.45, 2.75) is 12.1 Å². The van der Waals surface area contributed by atoms with Gasteiger partial charge >= 0.3 is 0 Å². The minimum absolute atomic E-state index is 0.0276. The van der Waals surface area contributed by atoms with Gasteiger partial charge in [-0.3, -0.25) is 14.4 Å². The smallest absolute Gasteiger partial charge is 0.256 e.